The van der Waals surface area contributed by atoms with Crippen LogP contribution in [0.2, 0.25) is 0 Å². The van der Waals surface area contributed by atoms with Crippen molar-refractivity contribution in [2.45, 2.75) is 13.0 Å². The number of carbonyl (C=O) groups is 2. The van der Waals surface area contributed by atoms with Crippen LogP contribution >= 0.6 is 0 Å². The van der Waals surface area contributed by atoms with Gasteiger partial charge in [0, 0.05) is 19.7 Å². The highest BCUT2D eigenvalue weighted by Gasteiger charge is 2.14. The van der Waals surface area contributed by atoms with Crippen molar-refractivity contribution in [3.05, 3.63) is 77.9 Å². The van der Waals surface area contributed by atoms with Crippen LogP contribution in [0, 0.1) is 0 Å². The molecule has 0 aliphatic carbocycles. The molecule has 5 heteroatoms. The molecule has 0 aliphatic rings. The van der Waals surface area contributed by atoms with Crippen LogP contribution in [0.3, 0.4) is 0 Å². The molecule has 0 heterocycles. The minimum Gasteiger partial charge on any atom is -0.484 e. The molecule has 0 fully saturated rings. The van der Waals surface area contributed by atoms with Gasteiger partial charge in [-0.25, -0.2) is 0 Å². The van der Waals surface area contributed by atoms with E-state index in [4.69, 9.17) is 4.74 Å². The highest BCUT2D eigenvalue weighted by Crippen LogP contribution is 2.24. The van der Waals surface area contributed by atoms with Gasteiger partial charge < -0.3 is 15.0 Å². The summed E-state index contributed by atoms with van der Waals surface area (Å²) in [6.45, 7) is 1.90. The highest BCUT2D eigenvalue weighted by molar-refractivity contribution is 5.95. The molecule has 144 valence electrons. The Morgan fingerprint density at radius 2 is 1.71 bits per heavy atom. The van der Waals surface area contributed by atoms with Crippen LogP contribution in [0.5, 0.6) is 5.75 Å². The van der Waals surface area contributed by atoms with Gasteiger partial charge in [0.1, 0.15) is 5.75 Å². The summed E-state index contributed by atoms with van der Waals surface area (Å²) in [6.07, 6.45) is 0. The summed E-state index contributed by atoms with van der Waals surface area (Å²) < 4.78 is 5.50. The fourth-order valence-electron chi connectivity index (χ4n) is 2.99. The Kier molecular flexibility index (Phi) is 5.94. The van der Waals surface area contributed by atoms with Crippen LogP contribution in [0.15, 0.2) is 66.7 Å². The number of nitrogens with zero attached hydrogens (tertiary/aromatic N) is 1. The third kappa shape index (κ3) is 4.49. The first-order valence-electron chi connectivity index (χ1n) is 9.17. The summed E-state index contributed by atoms with van der Waals surface area (Å²) in [4.78, 5) is 25.8. The van der Waals surface area contributed by atoms with Crippen LogP contribution in [0.25, 0.3) is 10.8 Å². The van der Waals surface area contributed by atoms with E-state index in [-0.39, 0.29) is 24.5 Å². The number of hydrogen-bond donors (Lipinski definition) is 1. The van der Waals surface area contributed by atoms with Crippen molar-refractivity contribution >= 4 is 22.6 Å². The van der Waals surface area contributed by atoms with E-state index < -0.39 is 0 Å². The summed E-state index contributed by atoms with van der Waals surface area (Å²) in [6, 6.07) is 20.9. The lowest BCUT2D eigenvalue weighted by atomic mass is 9.99. The summed E-state index contributed by atoms with van der Waals surface area (Å²) in [5, 5.41) is 5.31. The number of amides is 2. The van der Waals surface area contributed by atoms with Gasteiger partial charge in [0.05, 0.1) is 6.04 Å². The van der Waals surface area contributed by atoms with Crippen LogP contribution in [0.4, 0.5) is 0 Å². The minimum absolute atomic E-state index is 0.0650. The molecule has 1 atom stereocenters. The maximum Gasteiger partial charge on any atom is 0.259 e. The van der Waals surface area contributed by atoms with Crippen LogP contribution < -0.4 is 10.1 Å². The molecule has 3 rings (SSSR count). The molecule has 3 aromatic carbocycles. The molecule has 0 bridgehead atoms. The van der Waals surface area contributed by atoms with E-state index in [1.54, 1.807) is 38.4 Å². The Balaban J connectivity index is 1.72. The Bertz CT molecular complexity index is 993. The normalized spacial score (nSPS) is 11.7. The second-order valence-corrected chi connectivity index (χ2v) is 6.87. The van der Waals surface area contributed by atoms with E-state index in [9.17, 15) is 9.59 Å². The molecule has 0 saturated carbocycles. The molecule has 2 amide bonds. The number of carbonyl (C=O) groups excluding carboxylic acids is 2. The number of ether oxygens (including phenoxy) is 1. The Labute approximate surface area is 164 Å². The Hall–Kier alpha value is -3.34. The fourth-order valence-corrected chi connectivity index (χ4v) is 2.99. The average molecular weight is 376 g/mol. The predicted molar refractivity (Wildman–Crippen MR) is 110 cm³/mol. The van der Waals surface area contributed by atoms with E-state index in [0.29, 0.717) is 11.3 Å². The lowest BCUT2D eigenvalue weighted by Gasteiger charge is -2.17. The van der Waals surface area contributed by atoms with Crippen LogP contribution in [-0.4, -0.2) is 37.4 Å². The van der Waals surface area contributed by atoms with Crippen molar-refractivity contribution < 1.29 is 14.3 Å². The molecular formula is C23H24N2O3. The highest BCUT2D eigenvalue weighted by atomic mass is 16.5. The lowest BCUT2D eigenvalue weighted by Crippen LogP contribution is -2.28. The van der Waals surface area contributed by atoms with E-state index in [1.807, 2.05) is 31.2 Å². The monoisotopic (exact) mass is 376 g/mol. The molecule has 0 aliphatic heterocycles. The zero-order chi connectivity index (χ0) is 20.1. The summed E-state index contributed by atoms with van der Waals surface area (Å²) in [7, 11) is 3.34. The number of likely N-dealkylation sites (N-methyl/N-ethyl adjacent to an activating group) is 1. The number of hydrogen-bond acceptors (Lipinski definition) is 3. The number of fused-ring (bicyclic) bond motifs is 1. The van der Waals surface area contributed by atoms with Crippen molar-refractivity contribution in [2.24, 2.45) is 0 Å². The number of benzene rings is 3. The zero-order valence-electron chi connectivity index (χ0n) is 16.3. The van der Waals surface area contributed by atoms with Crippen molar-refractivity contribution in [1.29, 1.82) is 0 Å². The first kappa shape index (κ1) is 19.4. The zero-order valence-corrected chi connectivity index (χ0v) is 16.3. The maximum atomic E-state index is 12.7. The first-order chi connectivity index (χ1) is 13.5. The van der Waals surface area contributed by atoms with Gasteiger partial charge in [-0.05, 0) is 41.5 Å². The summed E-state index contributed by atoms with van der Waals surface area (Å²) in [5.41, 5.74) is 1.55. The third-order valence-corrected chi connectivity index (χ3v) is 4.59. The fraction of sp³-hybridized carbons (Fsp3) is 0.217. The largest absolute Gasteiger partial charge is 0.484 e. The van der Waals surface area contributed by atoms with Gasteiger partial charge >= 0.3 is 0 Å². The molecule has 1 N–H and O–H groups in total. The van der Waals surface area contributed by atoms with Gasteiger partial charge in [-0.1, -0.05) is 48.5 Å². The predicted octanol–water partition coefficient (Wildman–Crippen LogP) is 3.80. The minimum atomic E-state index is -0.190. The Morgan fingerprint density at radius 3 is 2.50 bits per heavy atom. The molecule has 5 nitrogen and oxygen atoms in total. The number of nitrogens with one attached hydrogen (secondary N) is 1. The molecule has 1 unspecified atom stereocenters. The van der Waals surface area contributed by atoms with Crippen LogP contribution in [-0.2, 0) is 4.79 Å². The van der Waals surface area contributed by atoms with Gasteiger partial charge in [0.25, 0.3) is 11.8 Å². The van der Waals surface area contributed by atoms with Gasteiger partial charge in [-0.15, -0.1) is 0 Å². The Morgan fingerprint density at radius 1 is 1.00 bits per heavy atom. The molecule has 0 saturated heterocycles. The second kappa shape index (κ2) is 8.57. The molecule has 3 aromatic rings. The lowest BCUT2D eigenvalue weighted by molar-refractivity contribution is -0.130. The van der Waals surface area contributed by atoms with E-state index >= 15 is 0 Å². The van der Waals surface area contributed by atoms with Gasteiger partial charge in [-0.2, -0.15) is 0 Å². The van der Waals surface area contributed by atoms with E-state index in [2.05, 4.69) is 23.5 Å². The summed E-state index contributed by atoms with van der Waals surface area (Å²) >= 11 is 0. The molecule has 0 spiro atoms. The van der Waals surface area contributed by atoms with Crippen molar-refractivity contribution in [1.82, 2.24) is 10.2 Å². The first-order valence-corrected chi connectivity index (χ1v) is 9.17. The smallest absolute Gasteiger partial charge is 0.259 e. The molecule has 0 radical (unpaired) electrons. The quantitative estimate of drug-likeness (QED) is 0.712. The SMILES string of the molecule is CC(NC(=O)c1cccc(OCC(=O)N(C)C)c1)c1cccc2ccccc12. The second-order valence-electron chi connectivity index (χ2n) is 6.87. The molecular weight excluding hydrogens is 352 g/mol. The summed E-state index contributed by atoms with van der Waals surface area (Å²) in [5.74, 6) is 0.157. The number of rotatable bonds is 6. The topological polar surface area (TPSA) is 58.6 Å². The maximum absolute atomic E-state index is 12.7. The van der Waals surface area contributed by atoms with Gasteiger partial charge in [0.15, 0.2) is 6.61 Å². The van der Waals surface area contributed by atoms with Crippen LogP contribution in [0.1, 0.15) is 28.9 Å². The van der Waals surface area contributed by atoms with Crippen molar-refractivity contribution in [2.75, 3.05) is 20.7 Å². The molecule has 28 heavy (non-hydrogen) atoms. The van der Waals surface area contributed by atoms with E-state index in [0.717, 1.165) is 16.3 Å². The van der Waals surface area contributed by atoms with E-state index in [1.165, 1.54) is 4.90 Å². The third-order valence-electron chi connectivity index (χ3n) is 4.59. The van der Waals surface area contributed by atoms with Crippen molar-refractivity contribution in [3.8, 4) is 5.75 Å². The molecule has 0 aromatic heterocycles. The van der Waals surface area contributed by atoms with Gasteiger partial charge in [0.2, 0.25) is 0 Å². The average Bonchev–Trinajstić information content (AvgIpc) is 2.71. The van der Waals surface area contributed by atoms with Gasteiger partial charge in [-0.3, -0.25) is 9.59 Å². The van der Waals surface area contributed by atoms with Crippen molar-refractivity contribution in [3.63, 3.8) is 0 Å². The standard InChI is InChI=1S/C23H24N2O3/c1-16(20-13-7-9-17-8-4-5-12-21(17)20)24-23(27)18-10-6-11-19(14-18)28-15-22(26)25(2)3/h4-14,16H,15H2,1-3H3,(H,24,27).